The van der Waals surface area contributed by atoms with Crippen LogP contribution in [0.3, 0.4) is 0 Å². The number of hydrogen-bond donors (Lipinski definition) is 0. The molecule has 2 rings (SSSR count). The van der Waals surface area contributed by atoms with Crippen LogP contribution in [0.4, 0.5) is 13.2 Å². The molecule has 0 radical (unpaired) electrons. The van der Waals surface area contributed by atoms with Crippen LogP contribution in [0.5, 0.6) is 5.88 Å². The normalized spacial score (nSPS) is 11.8. The average molecular weight is 227 g/mol. The largest absolute Gasteiger partial charge is 0.574 e. The molecule has 1 aromatic heterocycles. The third-order valence-electron chi connectivity index (χ3n) is 2.22. The molecule has 5 heteroatoms. The molecule has 0 saturated heterocycles. The van der Waals surface area contributed by atoms with Crippen molar-refractivity contribution in [1.82, 2.24) is 4.98 Å². The molecule has 0 unspecified atom stereocenters. The van der Waals surface area contributed by atoms with Crippen molar-refractivity contribution >= 4 is 10.8 Å². The molecule has 84 valence electrons. The predicted octanol–water partition coefficient (Wildman–Crippen LogP) is 3.44. The lowest BCUT2D eigenvalue weighted by atomic mass is 10.1. The van der Waals surface area contributed by atoms with E-state index in [9.17, 15) is 13.2 Å². The summed E-state index contributed by atoms with van der Waals surface area (Å²) in [7, 11) is 0. The van der Waals surface area contributed by atoms with Crippen LogP contribution in [-0.4, -0.2) is 11.3 Å². The second-order valence-corrected chi connectivity index (χ2v) is 3.32. The summed E-state index contributed by atoms with van der Waals surface area (Å²) in [4.78, 5) is 3.65. The first-order valence-electron chi connectivity index (χ1n) is 4.57. The van der Waals surface area contributed by atoms with E-state index in [-0.39, 0.29) is 0 Å². The van der Waals surface area contributed by atoms with Crippen LogP contribution in [0.1, 0.15) is 5.56 Å². The molecule has 2 nitrogen and oxygen atoms in total. The molecule has 0 saturated carbocycles. The molecule has 1 aromatic carbocycles. The van der Waals surface area contributed by atoms with Gasteiger partial charge in [-0.05, 0) is 12.3 Å². The first-order chi connectivity index (χ1) is 7.47. The summed E-state index contributed by atoms with van der Waals surface area (Å²) in [5.41, 5.74) is 0.385. The van der Waals surface area contributed by atoms with Crippen molar-refractivity contribution in [3.63, 3.8) is 0 Å². The number of nitrogens with zero attached hydrogens (tertiary/aromatic N) is 1. The fraction of sp³-hybridized carbons (Fsp3) is 0.182. The summed E-state index contributed by atoms with van der Waals surface area (Å²) >= 11 is 0. The molecule has 0 N–H and O–H groups in total. The van der Waals surface area contributed by atoms with Crippen molar-refractivity contribution < 1.29 is 17.9 Å². The Morgan fingerprint density at radius 1 is 1.19 bits per heavy atom. The fourth-order valence-electron chi connectivity index (χ4n) is 1.50. The van der Waals surface area contributed by atoms with Crippen LogP contribution < -0.4 is 4.74 Å². The summed E-state index contributed by atoms with van der Waals surface area (Å²) in [5.74, 6) is -0.397. The maximum atomic E-state index is 12.1. The van der Waals surface area contributed by atoms with Gasteiger partial charge in [-0.1, -0.05) is 24.3 Å². The summed E-state index contributed by atoms with van der Waals surface area (Å²) in [5, 5.41) is 1.49. The number of ether oxygens (including phenoxy) is 1. The number of rotatable bonds is 1. The van der Waals surface area contributed by atoms with Crippen molar-refractivity contribution in [1.29, 1.82) is 0 Å². The first kappa shape index (κ1) is 10.7. The lowest BCUT2D eigenvalue weighted by Gasteiger charge is -2.11. The first-order valence-corrected chi connectivity index (χ1v) is 4.57. The molecule has 16 heavy (non-hydrogen) atoms. The molecule has 2 aromatic rings. The zero-order valence-corrected chi connectivity index (χ0v) is 8.38. The number of fused-ring (bicyclic) bond motifs is 1. The summed E-state index contributed by atoms with van der Waals surface area (Å²) in [6, 6.07) is 7.07. The number of pyridine rings is 1. The highest BCUT2D eigenvalue weighted by molar-refractivity contribution is 5.85. The summed E-state index contributed by atoms with van der Waals surface area (Å²) in [6.45, 7) is 1.55. The molecule has 0 aliphatic rings. The van der Waals surface area contributed by atoms with Crippen molar-refractivity contribution in [2.75, 3.05) is 0 Å². The molecule has 0 aliphatic heterocycles. The standard InChI is InChI=1S/C11H8F3NO/c1-7-9-5-3-2-4-8(9)6-15-10(7)16-11(12,13)14/h2-6H,1H3. The smallest absolute Gasteiger partial charge is 0.388 e. The SMILES string of the molecule is Cc1c(OC(F)(F)F)ncc2ccccc12. The van der Waals surface area contributed by atoms with Crippen LogP contribution in [-0.2, 0) is 0 Å². The van der Waals surface area contributed by atoms with E-state index in [1.54, 1.807) is 31.2 Å². The average Bonchev–Trinajstić information content (AvgIpc) is 2.21. The molecule has 0 bridgehead atoms. The van der Waals surface area contributed by atoms with Crippen molar-refractivity contribution in [2.24, 2.45) is 0 Å². The highest BCUT2D eigenvalue weighted by Gasteiger charge is 2.32. The van der Waals surface area contributed by atoms with Gasteiger partial charge < -0.3 is 4.74 Å². The molecule has 0 atom stereocenters. The number of aryl methyl sites for hydroxylation is 1. The van der Waals surface area contributed by atoms with Gasteiger partial charge in [0.2, 0.25) is 5.88 Å². The van der Waals surface area contributed by atoms with Gasteiger partial charge in [-0.3, -0.25) is 0 Å². The highest BCUT2D eigenvalue weighted by Crippen LogP contribution is 2.28. The maximum Gasteiger partial charge on any atom is 0.574 e. The van der Waals surface area contributed by atoms with E-state index < -0.39 is 12.2 Å². The minimum absolute atomic E-state index is 0.385. The zero-order chi connectivity index (χ0) is 11.8. The van der Waals surface area contributed by atoms with E-state index in [4.69, 9.17) is 0 Å². The van der Waals surface area contributed by atoms with Gasteiger partial charge in [0, 0.05) is 17.1 Å². The predicted molar refractivity (Wildman–Crippen MR) is 53.2 cm³/mol. The van der Waals surface area contributed by atoms with Gasteiger partial charge >= 0.3 is 6.36 Å². The minimum atomic E-state index is -4.71. The number of aromatic nitrogens is 1. The van der Waals surface area contributed by atoms with E-state index in [1.807, 2.05) is 0 Å². The van der Waals surface area contributed by atoms with E-state index in [0.29, 0.717) is 10.9 Å². The van der Waals surface area contributed by atoms with Crippen LogP contribution in [0.25, 0.3) is 10.8 Å². The van der Waals surface area contributed by atoms with Crippen LogP contribution in [0.2, 0.25) is 0 Å². The van der Waals surface area contributed by atoms with E-state index in [1.165, 1.54) is 6.20 Å². The Morgan fingerprint density at radius 3 is 2.56 bits per heavy atom. The van der Waals surface area contributed by atoms with Gasteiger partial charge in [0.25, 0.3) is 0 Å². The van der Waals surface area contributed by atoms with Gasteiger partial charge in [0.15, 0.2) is 0 Å². The van der Waals surface area contributed by atoms with E-state index in [2.05, 4.69) is 9.72 Å². The van der Waals surface area contributed by atoms with Crippen LogP contribution in [0.15, 0.2) is 30.5 Å². The molecular formula is C11H8F3NO. The molecule has 0 amide bonds. The maximum absolute atomic E-state index is 12.1. The molecule has 0 spiro atoms. The molecular weight excluding hydrogens is 219 g/mol. The van der Waals surface area contributed by atoms with Gasteiger partial charge in [-0.15, -0.1) is 13.2 Å². The molecule has 1 heterocycles. The third kappa shape index (κ3) is 2.08. The summed E-state index contributed by atoms with van der Waals surface area (Å²) < 4.78 is 40.0. The van der Waals surface area contributed by atoms with Gasteiger partial charge in [-0.2, -0.15) is 0 Å². The monoisotopic (exact) mass is 227 g/mol. The Hall–Kier alpha value is -1.78. The number of hydrogen-bond acceptors (Lipinski definition) is 2. The Balaban J connectivity index is 2.53. The number of halogens is 3. The summed E-state index contributed by atoms with van der Waals surface area (Å²) in [6.07, 6.45) is -3.34. The quantitative estimate of drug-likeness (QED) is 0.744. The zero-order valence-electron chi connectivity index (χ0n) is 8.38. The van der Waals surface area contributed by atoms with E-state index in [0.717, 1.165) is 5.39 Å². The molecule has 0 aliphatic carbocycles. The third-order valence-corrected chi connectivity index (χ3v) is 2.22. The molecule has 0 fully saturated rings. The second-order valence-electron chi connectivity index (χ2n) is 3.32. The van der Waals surface area contributed by atoms with Gasteiger partial charge in [0.1, 0.15) is 0 Å². The van der Waals surface area contributed by atoms with Crippen LogP contribution in [0, 0.1) is 6.92 Å². The van der Waals surface area contributed by atoms with Gasteiger partial charge in [0.05, 0.1) is 0 Å². The number of alkyl halides is 3. The van der Waals surface area contributed by atoms with Gasteiger partial charge in [-0.25, -0.2) is 4.98 Å². The number of benzene rings is 1. The highest BCUT2D eigenvalue weighted by atomic mass is 19.4. The van der Waals surface area contributed by atoms with Crippen molar-refractivity contribution in [3.05, 3.63) is 36.0 Å². The Bertz CT molecular complexity index is 522. The Morgan fingerprint density at radius 2 is 1.88 bits per heavy atom. The lowest BCUT2D eigenvalue weighted by Crippen LogP contribution is -2.18. The topological polar surface area (TPSA) is 22.1 Å². The second kappa shape index (κ2) is 3.66. The Labute approximate surface area is 89.7 Å². The van der Waals surface area contributed by atoms with E-state index >= 15 is 0 Å². The van der Waals surface area contributed by atoms with Crippen LogP contribution >= 0.6 is 0 Å². The van der Waals surface area contributed by atoms with Crippen molar-refractivity contribution in [3.8, 4) is 5.88 Å². The fourth-order valence-corrected chi connectivity index (χ4v) is 1.50. The minimum Gasteiger partial charge on any atom is -0.388 e. The lowest BCUT2D eigenvalue weighted by molar-refractivity contribution is -0.276. The van der Waals surface area contributed by atoms with Crippen molar-refractivity contribution in [2.45, 2.75) is 13.3 Å². The Kier molecular flexibility index (Phi) is 2.46.